The molecule has 2 unspecified atom stereocenters. The normalized spacial score (nSPS) is 16.1. The average molecular weight is 715 g/mol. The molecule has 0 radical (unpaired) electrons. The fourth-order valence-corrected chi connectivity index (χ4v) is 7.03. The summed E-state index contributed by atoms with van der Waals surface area (Å²) in [7, 11) is 5.07. The van der Waals surface area contributed by atoms with Gasteiger partial charge in [0.05, 0.1) is 14.2 Å². The summed E-state index contributed by atoms with van der Waals surface area (Å²) in [6.45, 7) is 2.01. The number of esters is 2. The second-order valence-corrected chi connectivity index (χ2v) is 13.4. The minimum Gasteiger partial charge on any atom is -0.619 e. The zero-order valence-electron chi connectivity index (χ0n) is 26.8. The molecule has 1 fully saturated rings. The molecule has 1 aliphatic heterocycles. The number of methoxy groups -OCH3 is 2. The van der Waals surface area contributed by atoms with Gasteiger partial charge in [-0.1, -0.05) is 59.6 Å². The summed E-state index contributed by atoms with van der Waals surface area (Å²) in [5.74, 6) is 0.0589. The molecule has 0 saturated carbocycles. The lowest BCUT2D eigenvalue weighted by atomic mass is 10.0. The zero-order chi connectivity index (χ0) is 34.2. The molecule has 2 aromatic carbocycles. The maximum absolute atomic E-state index is 13.6. The number of carbonyl (C=O) groups excluding carboxylic acids is 2. The van der Waals surface area contributed by atoms with Crippen LogP contribution in [0.25, 0.3) is 0 Å². The van der Waals surface area contributed by atoms with Gasteiger partial charge in [0.15, 0.2) is 23.9 Å². The van der Waals surface area contributed by atoms with Crippen LogP contribution in [0.4, 0.5) is 0 Å². The molecular weight excluding hydrogens is 677 g/mol. The van der Waals surface area contributed by atoms with Gasteiger partial charge >= 0.3 is 11.9 Å². The second kappa shape index (κ2) is 16.5. The smallest absolute Gasteiger partial charge is 0.348 e. The van der Waals surface area contributed by atoms with E-state index in [4.69, 9.17) is 42.1 Å². The van der Waals surface area contributed by atoms with Gasteiger partial charge in [-0.3, -0.25) is 5.32 Å². The lowest BCUT2D eigenvalue weighted by Crippen LogP contribution is -2.40. The second-order valence-electron chi connectivity index (χ2n) is 11.5. The topological polar surface area (TPSA) is 113 Å². The molecule has 1 N–H and O–H groups in total. The third kappa shape index (κ3) is 8.97. The first-order chi connectivity index (χ1) is 23.1. The highest BCUT2D eigenvalue weighted by atomic mass is 35.5. The third-order valence-corrected chi connectivity index (χ3v) is 9.77. The van der Waals surface area contributed by atoms with E-state index >= 15 is 0 Å². The highest BCUT2D eigenvalue weighted by molar-refractivity contribution is 7.13. The maximum Gasteiger partial charge on any atom is 0.348 e. The van der Waals surface area contributed by atoms with E-state index < -0.39 is 18.1 Å². The van der Waals surface area contributed by atoms with Crippen LogP contribution in [-0.2, 0) is 27.2 Å². The number of likely N-dealkylation sites (tertiary alicyclic amines) is 1. The van der Waals surface area contributed by atoms with Crippen molar-refractivity contribution in [3.8, 4) is 11.5 Å². The van der Waals surface area contributed by atoms with Gasteiger partial charge in [-0.2, -0.15) is 4.73 Å². The van der Waals surface area contributed by atoms with Crippen molar-refractivity contribution in [2.45, 2.75) is 44.1 Å². The molecule has 0 amide bonds. The number of rotatable bonds is 13. The Morgan fingerprint density at radius 3 is 2.44 bits per heavy atom. The van der Waals surface area contributed by atoms with Crippen molar-refractivity contribution < 1.29 is 33.3 Å². The van der Waals surface area contributed by atoms with Crippen LogP contribution in [0.1, 0.15) is 56.2 Å². The molecule has 3 atom stereocenters. The number of likely N-dealkylation sites (N-methyl/N-ethyl adjacent to an activating group) is 1. The molecule has 1 saturated heterocycles. The van der Waals surface area contributed by atoms with E-state index in [1.165, 1.54) is 38.0 Å². The van der Waals surface area contributed by atoms with E-state index in [0.717, 1.165) is 29.8 Å². The van der Waals surface area contributed by atoms with Gasteiger partial charge in [0.2, 0.25) is 0 Å². The molecular formula is C35H37Cl2N3O7S. The quantitative estimate of drug-likeness (QED) is 0.0967. The summed E-state index contributed by atoms with van der Waals surface area (Å²) in [6.07, 6.45) is 3.30. The van der Waals surface area contributed by atoms with Crippen molar-refractivity contribution in [2.75, 3.05) is 34.4 Å². The van der Waals surface area contributed by atoms with Gasteiger partial charge in [-0.05, 0) is 61.8 Å². The monoisotopic (exact) mass is 713 g/mol. The van der Waals surface area contributed by atoms with E-state index in [2.05, 4.69) is 10.2 Å². The van der Waals surface area contributed by atoms with Crippen LogP contribution in [0.5, 0.6) is 11.5 Å². The molecule has 4 aromatic rings. The fourth-order valence-electron chi connectivity index (χ4n) is 5.59. The lowest BCUT2D eigenvalue weighted by Gasteiger charge is -2.30. The van der Waals surface area contributed by atoms with Gasteiger partial charge in [0, 0.05) is 30.0 Å². The van der Waals surface area contributed by atoms with Crippen LogP contribution in [-0.4, -0.2) is 57.3 Å². The van der Waals surface area contributed by atoms with E-state index in [-0.39, 0.29) is 28.5 Å². The number of hydrogen-bond acceptors (Lipinski definition) is 10. The van der Waals surface area contributed by atoms with Crippen LogP contribution in [0.2, 0.25) is 10.0 Å². The summed E-state index contributed by atoms with van der Waals surface area (Å²) in [4.78, 5) is 30.3. The fraction of sp³-hybridized carbons (Fsp3) is 0.343. The lowest BCUT2D eigenvalue weighted by molar-refractivity contribution is -0.605. The molecule has 13 heteroatoms. The van der Waals surface area contributed by atoms with Gasteiger partial charge in [-0.25, -0.2) is 9.59 Å². The van der Waals surface area contributed by atoms with Crippen molar-refractivity contribution in [3.05, 3.63) is 115 Å². The Morgan fingerprint density at radius 1 is 1.02 bits per heavy atom. The Balaban J connectivity index is 1.32. The highest BCUT2D eigenvalue weighted by Crippen LogP contribution is 2.36. The summed E-state index contributed by atoms with van der Waals surface area (Å²) < 4.78 is 23.3. The third-order valence-electron chi connectivity index (χ3n) is 8.05. The number of piperidine rings is 1. The van der Waals surface area contributed by atoms with E-state index in [1.807, 2.05) is 43.4 Å². The van der Waals surface area contributed by atoms with Gasteiger partial charge < -0.3 is 29.1 Å². The zero-order valence-corrected chi connectivity index (χ0v) is 29.1. The first-order valence-corrected chi connectivity index (χ1v) is 17.0. The molecule has 2 aromatic heterocycles. The number of thiophene rings is 1. The molecule has 10 nitrogen and oxygen atoms in total. The molecule has 0 spiro atoms. The van der Waals surface area contributed by atoms with Gasteiger partial charge in [0.25, 0.3) is 0 Å². The predicted octanol–water partition coefficient (Wildman–Crippen LogP) is 6.31. The first-order valence-electron chi connectivity index (χ1n) is 15.4. The standard InChI is InChI=1S/C35H37Cl2N3O7S/c1-39-15-7-10-24(19-39)46-35(42)33(22-8-5-4-6-9-22)38-18-25-12-14-32(48-25)34(41)47-30(17-26-27(36)20-40(43)21-28(26)37)23-11-13-29(44-2)31(16-23)45-3/h4-6,8-9,11-14,16,20-21,24,30,33,38H,7,10,15,17-19H2,1-3H3/t24?,30-,33?/m0/s1. The van der Waals surface area contributed by atoms with Crippen molar-refractivity contribution in [1.82, 2.24) is 10.2 Å². The van der Waals surface area contributed by atoms with E-state index in [0.29, 0.717) is 45.3 Å². The number of nitrogens with one attached hydrogen (secondary N) is 1. The SMILES string of the molecule is COc1ccc([C@H](Cc2c(Cl)c[n+]([O-])cc2Cl)OC(=O)c2ccc(CNC(C(=O)OC3CCCN(C)C3)c3ccccc3)s2)cc1OC. The Hall–Kier alpha value is -3.87. The van der Waals surface area contributed by atoms with Crippen molar-refractivity contribution in [1.29, 1.82) is 0 Å². The molecule has 0 bridgehead atoms. The van der Waals surface area contributed by atoms with Crippen LogP contribution < -0.4 is 19.5 Å². The number of pyridine rings is 1. The van der Waals surface area contributed by atoms with Crippen molar-refractivity contribution >= 4 is 46.5 Å². The van der Waals surface area contributed by atoms with Gasteiger partial charge in [0.1, 0.15) is 33.2 Å². The minimum absolute atomic E-state index is 0.0944. The van der Waals surface area contributed by atoms with E-state index in [1.54, 1.807) is 24.3 Å². The number of carbonyl (C=O) groups is 2. The maximum atomic E-state index is 13.6. The summed E-state index contributed by atoms with van der Waals surface area (Å²) in [5, 5.41) is 15.5. The number of halogens is 2. The summed E-state index contributed by atoms with van der Waals surface area (Å²) in [5.41, 5.74) is 1.85. The minimum atomic E-state index is -0.838. The van der Waals surface area contributed by atoms with Crippen LogP contribution in [0.3, 0.4) is 0 Å². The molecule has 48 heavy (non-hydrogen) atoms. The predicted molar refractivity (Wildman–Crippen MR) is 184 cm³/mol. The first kappa shape index (κ1) is 35.4. The Morgan fingerprint density at radius 2 is 1.75 bits per heavy atom. The number of benzene rings is 2. The largest absolute Gasteiger partial charge is 0.619 e. The Labute approximate surface area is 293 Å². The number of hydrogen-bond donors (Lipinski definition) is 1. The summed E-state index contributed by atoms with van der Waals surface area (Å²) >= 11 is 14.0. The average Bonchev–Trinajstić information content (AvgIpc) is 3.55. The molecule has 5 rings (SSSR count). The molecule has 0 aliphatic carbocycles. The molecule has 1 aliphatic rings. The summed E-state index contributed by atoms with van der Waals surface area (Å²) in [6, 6.07) is 17.5. The number of ether oxygens (including phenoxy) is 4. The van der Waals surface area contributed by atoms with Crippen molar-refractivity contribution in [3.63, 3.8) is 0 Å². The Bertz CT molecular complexity index is 1700. The molecule has 3 heterocycles. The van der Waals surface area contributed by atoms with Crippen LogP contribution in [0, 0.1) is 5.21 Å². The number of aromatic nitrogens is 1. The molecule has 254 valence electrons. The van der Waals surface area contributed by atoms with Crippen molar-refractivity contribution in [2.24, 2.45) is 0 Å². The Kier molecular flexibility index (Phi) is 12.2. The van der Waals surface area contributed by atoms with E-state index in [9.17, 15) is 14.8 Å². The number of nitrogens with zero attached hydrogens (tertiary/aromatic N) is 2. The highest BCUT2D eigenvalue weighted by Gasteiger charge is 2.28. The van der Waals surface area contributed by atoms with Crippen LogP contribution >= 0.6 is 34.5 Å². The van der Waals surface area contributed by atoms with Gasteiger partial charge in [-0.15, -0.1) is 11.3 Å². The van der Waals surface area contributed by atoms with Crippen LogP contribution in [0.15, 0.2) is 73.1 Å².